The third kappa shape index (κ3) is 11.5. The first kappa shape index (κ1) is 47.1. The largest absolute Gasteiger partial charge is 0.393 e. The summed E-state index contributed by atoms with van der Waals surface area (Å²) in [5.74, 6) is 5.45. The quantitative estimate of drug-likeness (QED) is 0.183. The van der Waals surface area contributed by atoms with Gasteiger partial charge in [-0.25, -0.2) is 0 Å². The third-order valence-corrected chi connectivity index (χ3v) is 17.0. The van der Waals surface area contributed by atoms with Crippen LogP contribution in [0.3, 0.4) is 0 Å². The normalized spacial score (nSPS) is 37.7. The average molecular weight is 797 g/mol. The van der Waals surface area contributed by atoms with Gasteiger partial charge in [-0.05, 0) is 180 Å². The van der Waals surface area contributed by atoms with Gasteiger partial charge in [-0.3, -0.25) is 0 Å². The maximum Gasteiger partial charge on any atom is 0.0651 e. The van der Waals surface area contributed by atoms with Crippen LogP contribution in [0.25, 0.3) is 0 Å². The first-order valence-electron chi connectivity index (χ1n) is 24.3. The van der Waals surface area contributed by atoms with Crippen LogP contribution < -0.4 is 0 Å². The molecule has 6 aliphatic carbocycles. The Morgan fingerprint density at radius 1 is 0.655 bits per heavy atom. The topological polar surface area (TPSA) is 60.7 Å². The Labute approximate surface area is 357 Å². The van der Waals surface area contributed by atoms with Gasteiger partial charge in [-0.1, -0.05) is 140 Å². The van der Waals surface area contributed by atoms with Crippen molar-refractivity contribution in [3.63, 3.8) is 0 Å². The second-order valence-electron chi connectivity index (χ2n) is 22.0. The van der Waals surface area contributed by atoms with Crippen molar-refractivity contribution in [3.05, 3.63) is 83.1 Å². The van der Waals surface area contributed by atoms with Gasteiger partial charge in [0, 0.05) is 5.92 Å². The minimum atomic E-state index is -0.663. The first-order valence-corrected chi connectivity index (χ1v) is 24.3. The molecule has 6 aliphatic rings. The zero-order valence-electron chi connectivity index (χ0n) is 38.9. The molecular weight excluding hydrogens is 709 g/mol. The third-order valence-electron chi connectivity index (χ3n) is 17.0. The molecule has 0 heterocycles. The number of fused-ring (bicyclic) bond motifs is 2. The van der Waals surface area contributed by atoms with Crippen LogP contribution in [0.5, 0.6) is 0 Å². The Bertz CT molecular complexity index is 1560. The molecule has 3 heteroatoms. The SMILES string of the molecule is C=C1CC[C@H](O)C/C1=C/C=C1\CCC[C@]2(C)[C@@H]([C@H](C)/C=C/[C@H](C)C(C)(C)O)CC[C@@H]12.C=C1CC[C@H](O)C/C1=C/C=C1\CCC[C@]2(C)[C@@H]([C@H](C)CCCC(C)C)CC[C@@H]12. The van der Waals surface area contributed by atoms with E-state index < -0.39 is 5.60 Å². The van der Waals surface area contributed by atoms with E-state index in [1.54, 1.807) is 11.1 Å². The Morgan fingerprint density at radius 3 is 1.62 bits per heavy atom. The van der Waals surface area contributed by atoms with Crippen molar-refractivity contribution < 1.29 is 15.3 Å². The van der Waals surface area contributed by atoms with E-state index in [-0.39, 0.29) is 18.1 Å². The number of hydrogen-bond donors (Lipinski definition) is 3. The number of hydrogen-bond acceptors (Lipinski definition) is 3. The van der Waals surface area contributed by atoms with Crippen LogP contribution in [0, 0.1) is 58.2 Å². The molecule has 6 saturated carbocycles. The fourth-order valence-corrected chi connectivity index (χ4v) is 12.9. The molecule has 0 radical (unpaired) electrons. The van der Waals surface area contributed by atoms with E-state index in [4.69, 9.17) is 0 Å². The lowest BCUT2D eigenvalue weighted by Crippen LogP contribution is -2.36. The van der Waals surface area contributed by atoms with Crippen molar-refractivity contribution in [2.24, 2.45) is 58.2 Å². The summed E-state index contributed by atoms with van der Waals surface area (Å²) in [4.78, 5) is 0. The zero-order chi connectivity index (χ0) is 42.4. The Hall–Kier alpha value is -1.94. The molecular formula is C55H88O3. The van der Waals surface area contributed by atoms with Crippen LogP contribution >= 0.6 is 0 Å². The van der Waals surface area contributed by atoms with Crippen molar-refractivity contribution in [3.8, 4) is 0 Å². The number of allylic oxidation sites excluding steroid dienone is 9. The van der Waals surface area contributed by atoms with E-state index in [1.807, 2.05) is 13.8 Å². The molecule has 3 N–H and O–H groups in total. The molecule has 6 fully saturated rings. The lowest BCUT2D eigenvalue weighted by Gasteiger charge is -2.44. The molecule has 0 aromatic carbocycles. The van der Waals surface area contributed by atoms with Crippen LogP contribution in [0.4, 0.5) is 0 Å². The molecule has 326 valence electrons. The van der Waals surface area contributed by atoms with E-state index in [9.17, 15) is 15.3 Å². The average Bonchev–Trinajstić information content (AvgIpc) is 3.71. The Kier molecular flexibility index (Phi) is 16.5. The molecule has 11 atom stereocenters. The predicted octanol–water partition coefficient (Wildman–Crippen LogP) is 14.4. The van der Waals surface area contributed by atoms with E-state index in [0.29, 0.717) is 28.6 Å². The van der Waals surface area contributed by atoms with Gasteiger partial charge in [0.1, 0.15) is 0 Å². The summed E-state index contributed by atoms with van der Waals surface area (Å²) in [5, 5.41) is 30.3. The fourth-order valence-electron chi connectivity index (χ4n) is 12.9. The van der Waals surface area contributed by atoms with Crippen molar-refractivity contribution in [1.82, 2.24) is 0 Å². The molecule has 3 nitrogen and oxygen atoms in total. The first-order chi connectivity index (χ1) is 27.3. The molecule has 0 unspecified atom stereocenters. The summed E-state index contributed by atoms with van der Waals surface area (Å²) in [5.41, 5.74) is 8.50. The van der Waals surface area contributed by atoms with Crippen LogP contribution in [0.1, 0.15) is 184 Å². The smallest absolute Gasteiger partial charge is 0.0651 e. The van der Waals surface area contributed by atoms with Crippen LogP contribution in [0.2, 0.25) is 0 Å². The monoisotopic (exact) mass is 797 g/mol. The number of rotatable bonds is 11. The van der Waals surface area contributed by atoms with Gasteiger partial charge in [-0.15, -0.1) is 0 Å². The Balaban J connectivity index is 0.000000221. The summed E-state index contributed by atoms with van der Waals surface area (Å²) in [6.07, 6.45) is 36.2. The van der Waals surface area contributed by atoms with Crippen molar-refractivity contribution in [2.45, 2.75) is 202 Å². The fraction of sp³-hybridized carbons (Fsp3) is 0.745. The molecule has 0 saturated heterocycles. The number of aliphatic hydroxyl groups is 3. The second-order valence-corrected chi connectivity index (χ2v) is 22.0. The summed E-state index contributed by atoms with van der Waals surface area (Å²) in [6, 6.07) is 0. The van der Waals surface area contributed by atoms with Gasteiger partial charge in [-0.2, -0.15) is 0 Å². The highest BCUT2D eigenvalue weighted by molar-refractivity contribution is 5.37. The second kappa shape index (κ2) is 20.3. The van der Waals surface area contributed by atoms with Gasteiger partial charge in [0.25, 0.3) is 0 Å². The molecule has 0 aromatic heterocycles. The lowest BCUT2D eigenvalue weighted by molar-refractivity contribution is 0.0436. The van der Waals surface area contributed by atoms with E-state index in [2.05, 4.69) is 98.1 Å². The van der Waals surface area contributed by atoms with Gasteiger partial charge >= 0.3 is 0 Å². The highest BCUT2D eigenvalue weighted by Crippen LogP contribution is 2.61. The maximum absolute atomic E-state index is 10.3. The molecule has 0 aliphatic heterocycles. The van der Waals surface area contributed by atoms with Crippen LogP contribution in [0.15, 0.2) is 83.1 Å². The lowest BCUT2D eigenvalue weighted by atomic mass is 9.60. The van der Waals surface area contributed by atoms with Crippen molar-refractivity contribution in [1.29, 1.82) is 0 Å². The van der Waals surface area contributed by atoms with Gasteiger partial charge < -0.3 is 15.3 Å². The molecule has 0 spiro atoms. The summed E-state index contributed by atoms with van der Waals surface area (Å²) in [6.45, 7) is 29.1. The summed E-state index contributed by atoms with van der Waals surface area (Å²) < 4.78 is 0. The summed E-state index contributed by atoms with van der Waals surface area (Å²) >= 11 is 0. The highest BCUT2D eigenvalue weighted by atomic mass is 16.3. The van der Waals surface area contributed by atoms with E-state index in [1.165, 1.54) is 106 Å². The highest BCUT2D eigenvalue weighted by Gasteiger charge is 2.51. The standard InChI is InChI=1S/C28H44O2.C27H44O/c1-19-10-14-24(29)18-23(19)13-12-22-8-7-17-28(6)25(15-16-26(22)28)20(2)9-11-21(3)27(4,5)30;1-19(2)8-6-9-21(4)25-15-16-26-22(10-7-17-27(25,26)5)12-13-23-18-24(28)14-11-20(23)3/h9,11-13,20-21,24-26,29-30H,1,7-8,10,14-18H2,2-6H3;12-13,19,21,24-26,28H,3,6-11,14-18H2,1-2,4-5H3/b11-9+,22-12+,23-13-;22-12+,23-13-/t20-,21+,24+,25-,26+,28-;21-,24+,25-,26+,27-/m11/s1. The van der Waals surface area contributed by atoms with E-state index >= 15 is 0 Å². The molecule has 0 amide bonds. The minimum absolute atomic E-state index is 0.164. The van der Waals surface area contributed by atoms with Gasteiger partial charge in [0.15, 0.2) is 0 Å². The molecule has 58 heavy (non-hydrogen) atoms. The van der Waals surface area contributed by atoms with Crippen molar-refractivity contribution >= 4 is 0 Å². The number of aliphatic hydroxyl groups excluding tert-OH is 2. The predicted molar refractivity (Wildman–Crippen MR) is 248 cm³/mol. The van der Waals surface area contributed by atoms with E-state index in [0.717, 1.165) is 62.2 Å². The Morgan fingerprint density at radius 2 is 1.14 bits per heavy atom. The minimum Gasteiger partial charge on any atom is -0.393 e. The molecule has 0 aromatic rings. The maximum atomic E-state index is 10.3. The van der Waals surface area contributed by atoms with Gasteiger partial charge in [0.05, 0.1) is 17.8 Å². The molecule has 6 rings (SSSR count). The molecule has 0 bridgehead atoms. The van der Waals surface area contributed by atoms with Gasteiger partial charge in [0.2, 0.25) is 0 Å². The zero-order valence-corrected chi connectivity index (χ0v) is 38.9. The van der Waals surface area contributed by atoms with Crippen LogP contribution in [-0.4, -0.2) is 33.1 Å². The van der Waals surface area contributed by atoms with Crippen LogP contribution in [-0.2, 0) is 0 Å². The summed E-state index contributed by atoms with van der Waals surface area (Å²) in [7, 11) is 0. The van der Waals surface area contributed by atoms with Crippen molar-refractivity contribution in [2.75, 3.05) is 0 Å².